The van der Waals surface area contributed by atoms with Crippen LogP contribution in [0.15, 0.2) is 16.6 Å². The van der Waals surface area contributed by atoms with E-state index in [0.717, 1.165) is 17.3 Å². The fraction of sp³-hybridized carbons (Fsp3) is 0.500. The monoisotopic (exact) mass is 340 g/mol. The van der Waals surface area contributed by atoms with Gasteiger partial charge in [-0.1, -0.05) is 0 Å². The Labute approximate surface area is 125 Å². The van der Waals surface area contributed by atoms with Crippen LogP contribution in [0.4, 0.5) is 5.69 Å². The molecule has 1 atom stereocenters. The molecule has 2 aliphatic rings. The first-order valence-electron chi connectivity index (χ1n) is 6.68. The van der Waals surface area contributed by atoms with Crippen LogP contribution in [0.3, 0.4) is 0 Å². The highest BCUT2D eigenvalue weighted by Crippen LogP contribution is 2.41. The van der Waals surface area contributed by atoms with Gasteiger partial charge in [0.1, 0.15) is 13.2 Å². The molecule has 0 spiro atoms. The number of carbonyl (C=O) groups excluding carboxylic acids is 1. The number of rotatable bonds is 3. The molecule has 1 aliphatic heterocycles. The first-order valence-corrected chi connectivity index (χ1v) is 7.47. The van der Waals surface area contributed by atoms with Gasteiger partial charge in [0.15, 0.2) is 11.5 Å². The van der Waals surface area contributed by atoms with Gasteiger partial charge in [-0.15, -0.1) is 0 Å². The van der Waals surface area contributed by atoms with E-state index in [9.17, 15) is 4.79 Å². The van der Waals surface area contributed by atoms with Gasteiger partial charge in [0, 0.05) is 16.6 Å². The minimum Gasteiger partial charge on any atom is -0.486 e. The van der Waals surface area contributed by atoms with Gasteiger partial charge in [0.05, 0.1) is 11.2 Å². The summed E-state index contributed by atoms with van der Waals surface area (Å²) in [4.78, 5) is 12.3. The summed E-state index contributed by atoms with van der Waals surface area (Å²) >= 11 is 3.43. The summed E-state index contributed by atoms with van der Waals surface area (Å²) in [6, 6.07) is 3.56. The summed E-state index contributed by atoms with van der Waals surface area (Å²) in [7, 11) is 0. The Hall–Kier alpha value is -1.27. The molecular weight excluding hydrogens is 324 g/mol. The van der Waals surface area contributed by atoms with Gasteiger partial charge < -0.3 is 20.5 Å². The molecule has 1 unspecified atom stereocenters. The molecule has 1 aliphatic carbocycles. The molecule has 0 bridgehead atoms. The van der Waals surface area contributed by atoms with Gasteiger partial charge in [0.25, 0.3) is 0 Å². The number of nitrogens with two attached hydrogens (primary N) is 1. The van der Waals surface area contributed by atoms with Crippen molar-refractivity contribution in [3.05, 3.63) is 16.6 Å². The molecule has 0 aromatic heterocycles. The van der Waals surface area contributed by atoms with E-state index in [-0.39, 0.29) is 11.8 Å². The van der Waals surface area contributed by atoms with E-state index in [4.69, 9.17) is 15.2 Å². The van der Waals surface area contributed by atoms with E-state index >= 15 is 0 Å². The number of ether oxygens (including phenoxy) is 2. The van der Waals surface area contributed by atoms with Crippen LogP contribution in [0.25, 0.3) is 0 Å². The summed E-state index contributed by atoms with van der Waals surface area (Å²) in [5.74, 6) is 1.43. The predicted molar refractivity (Wildman–Crippen MR) is 79.1 cm³/mol. The van der Waals surface area contributed by atoms with Crippen LogP contribution in [0.1, 0.15) is 19.8 Å². The smallest absolute Gasteiger partial charge is 0.244 e. The van der Waals surface area contributed by atoms with Crippen molar-refractivity contribution in [1.82, 2.24) is 0 Å². The van der Waals surface area contributed by atoms with Crippen LogP contribution in [0, 0.1) is 5.92 Å². The summed E-state index contributed by atoms with van der Waals surface area (Å²) in [5, 5.41) is 2.88. The van der Waals surface area contributed by atoms with Crippen molar-refractivity contribution in [3.63, 3.8) is 0 Å². The molecule has 1 aromatic rings. The third-order valence-electron chi connectivity index (χ3n) is 3.79. The third kappa shape index (κ3) is 2.50. The third-order valence-corrected chi connectivity index (χ3v) is 4.45. The van der Waals surface area contributed by atoms with E-state index in [1.54, 1.807) is 19.1 Å². The zero-order valence-electron chi connectivity index (χ0n) is 11.2. The number of fused-ring (bicyclic) bond motifs is 1. The Kier molecular flexibility index (Phi) is 3.38. The minimum atomic E-state index is -0.827. The van der Waals surface area contributed by atoms with Crippen LogP contribution in [-0.2, 0) is 4.79 Å². The molecule has 1 amide bonds. The lowest BCUT2D eigenvalue weighted by Crippen LogP contribution is -2.50. The largest absolute Gasteiger partial charge is 0.486 e. The number of hydrogen-bond acceptors (Lipinski definition) is 4. The van der Waals surface area contributed by atoms with Crippen LogP contribution < -0.4 is 20.5 Å². The van der Waals surface area contributed by atoms with Gasteiger partial charge in [-0.3, -0.25) is 4.79 Å². The molecule has 108 valence electrons. The zero-order chi connectivity index (χ0) is 14.3. The molecule has 0 saturated heterocycles. The Morgan fingerprint density at radius 1 is 1.35 bits per heavy atom. The zero-order valence-corrected chi connectivity index (χ0v) is 12.8. The summed E-state index contributed by atoms with van der Waals surface area (Å²) in [6.07, 6.45) is 2.03. The van der Waals surface area contributed by atoms with Crippen LogP contribution in [0.2, 0.25) is 0 Å². The number of anilines is 1. The van der Waals surface area contributed by atoms with E-state index in [1.165, 1.54) is 0 Å². The van der Waals surface area contributed by atoms with E-state index in [0.29, 0.717) is 30.4 Å². The van der Waals surface area contributed by atoms with Crippen LogP contribution in [-0.4, -0.2) is 24.7 Å². The molecule has 5 nitrogen and oxygen atoms in total. The van der Waals surface area contributed by atoms with Gasteiger partial charge in [0.2, 0.25) is 5.91 Å². The number of amides is 1. The van der Waals surface area contributed by atoms with Gasteiger partial charge in [-0.2, -0.15) is 0 Å². The lowest BCUT2D eigenvalue weighted by molar-refractivity contribution is -0.121. The van der Waals surface area contributed by atoms with Crippen molar-refractivity contribution in [2.45, 2.75) is 25.3 Å². The molecule has 1 fully saturated rings. The summed E-state index contributed by atoms with van der Waals surface area (Å²) < 4.78 is 11.8. The fourth-order valence-electron chi connectivity index (χ4n) is 2.29. The van der Waals surface area contributed by atoms with Crippen molar-refractivity contribution >= 4 is 27.5 Å². The Morgan fingerprint density at radius 3 is 2.55 bits per heavy atom. The highest BCUT2D eigenvalue weighted by atomic mass is 79.9. The first kappa shape index (κ1) is 13.7. The minimum absolute atomic E-state index is 0.169. The second-order valence-electron chi connectivity index (χ2n) is 5.49. The molecule has 1 saturated carbocycles. The maximum Gasteiger partial charge on any atom is 0.244 e. The second kappa shape index (κ2) is 4.93. The Morgan fingerprint density at radius 2 is 1.95 bits per heavy atom. The maximum atomic E-state index is 12.3. The van der Waals surface area contributed by atoms with Crippen molar-refractivity contribution in [1.29, 1.82) is 0 Å². The predicted octanol–water partition coefficient (Wildman–Crippen LogP) is 2.29. The van der Waals surface area contributed by atoms with Crippen molar-refractivity contribution in [2.24, 2.45) is 11.7 Å². The number of nitrogens with one attached hydrogen (secondary N) is 1. The summed E-state index contributed by atoms with van der Waals surface area (Å²) in [5.41, 5.74) is 5.94. The highest BCUT2D eigenvalue weighted by Gasteiger charge is 2.44. The van der Waals surface area contributed by atoms with Crippen molar-refractivity contribution < 1.29 is 14.3 Å². The highest BCUT2D eigenvalue weighted by molar-refractivity contribution is 9.10. The number of halogens is 1. The van der Waals surface area contributed by atoms with Gasteiger partial charge >= 0.3 is 0 Å². The van der Waals surface area contributed by atoms with E-state index < -0.39 is 5.54 Å². The number of hydrogen-bond donors (Lipinski definition) is 2. The topological polar surface area (TPSA) is 73.6 Å². The fourth-order valence-corrected chi connectivity index (χ4v) is 2.71. The average Bonchev–Trinajstić information content (AvgIpc) is 3.24. The molecule has 6 heteroatoms. The van der Waals surface area contributed by atoms with Crippen molar-refractivity contribution in [2.75, 3.05) is 18.5 Å². The van der Waals surface area contributed by atoms with Crippen LogP contribution in [0.5, 0.6) is 11.5 Å². The molecule has 1 aromatic carbocycles. The van der Waals surface area contributed by atoms with Crippen molar-refractivity contribution in [3.8, 4) is 11.5 Å². The quantitative estimate of drug-likeness (QED) is 0.885. The Bertz CT molecular complexity index is 556. The lowest BCUT2D eigenvalue weighted by Gasteiger charge is -2.25. The Balaban J connectivity index is 1.82. The molecule has 3 N–H and O–H groups in total. The SMILES string of the molecule is CC(N)(C(=O)Nc1cc2c(cc1Br)OCCO2)C1CC1. The van der Waals surface area contributed by atoms with Gasteiger partial charge in [-0.05, 0) is 41.6 Å². The molecular formula is C14H17BrN2O3. The van der Waals surface area contributed by atoms with E-state index in [2.05, 4.69) is 21.2 Å². The molecule has 20 heavy (non-hydrogen) atoms. The molecule has 0 radical (unpaired) electrons. The molecule has 1 heterocycles. The van der Waals surface area contributed by atoms with E-state index in [1.807, 2.05) is 0 Å². The standard InChI is InChI=1S/C14H17BrN2O3/c1-14(16,8-2-3-8)13(18)17-10-7-12-11(6-9(10)15)19-4-5-20-12/h6-8H,2-5,16H2,1H3,(H,17,18). The average molecular weight is 341 g/mol. The lowest BCUT2D eigenvalue weighted by atomic mass is 9.96. The second-order valence-corrected chi connectivity index (χ2v) is 6.34. The number of carbonyl (C=O) groups is 1. The normalized spacial score (nSPS) is 20.1. The number of benzene rings is 1. The van der Waals surface area contributed by atoms with Gasteiger partial charge in [-0.25, -0.2) is 0 Å². The maximum absolute atomic E-state index is 12.3. The summed E-state index contributed by atoms with van der Waals surface area (Å²) in [6.45, 7) is 2.83. The first-order chi connectivity index (χ1) is 9.48. The molecule has 3 rings (SSSR count). The van der Waals surface area contributed by atoms with Crippen LogP contribution >= 0.6 is 15.9 Å².